The lowest BCUT2D eigenvalue weighted by Crippen LogP contribution is -2.51. The van der Waals surface area contributed by atoms with Gasteiger partial charge in [-0.1, -0.05) is 24.8 Å². The summed E-state index contributed by atoms with van der Waals surface area (Å²) in [6, 6.07) is 12.9. The zero-order valence-electron chi connectivity index (χ0n) is 18.5. The van der Waals surface area contributed by atoms with E-state index >= 15 is 0 Å². The van der Waals surface area contributed by atoms with Gasteiger partial charge in [0.25, 0.3) is 0 Å². The molecule has 0 N–H and O–H groups in total. The second-order valence-corrected chi connectivity index (χ2v) is 8.63. The number of ketones is 1. The van der Waals surface area contributed by atoms with Crippen LogP contribution in [0.2, 0.25) is 0 Å². The summed E-state index contributed by atoms with van der Waals surface area (Å²) in [7, 11) is 0. The number of hydrogen-bond acceptors (Lipinski definition) is 4. The van der Waals surface area contributed by atoms with E-state index in [2.05, 4.69) is 5.92 Å². The molecule has 6 heteroatoms. The smallest absolute Gasteiger partial charge is 0.226 e. The Hall–Kier alpha value is -3.17. The van der Waals surface area contributed by atoms with Gasteiger partial charge in [-0.15, -0.1) is 6.42 Å². The number of nitrogens with zero attached hydrogens (tertiary/aromatic N) is 1. The predicted octanol–water partition coefficient (Wildman–Crippen LogP) is 4.10. The van der Waals surface area contributed by atoms with Gasteiger partial charge in [-0.3, -0.25) is 9.59 Å². The molecule has 172 valence electrons. The number of morpholine rings is 1. The molecule has 2 aromatic carbocycles. The van der Waals surface area contributed by atoms with Gasteiger partial charge < -0.3 is 14.4 Å². The van der Waals surface area contributed by atoms with Crippen LogP contribution in [0.4, 0.5) is 4.39 Å². The van der Waals surface area contributed by atoms with Crippen molar-refractivity contribution in [2.24, 2.45) is 11.8 Å². The molecule has 1 unspecified atom stereocenters. The average molecular weight is 450 g/mol. The van der Waals surface area contributed by atoms with Crippen LogP contribution in [0, 0.1) is 30.0 Å². The van der Waals surface area contributed by atoms with Gasteiger partial charge in [-0.2, -0.15) is 0 Å². The van der Waals surface area contributed by atoms with E-state index in [1.54, 1.807) is 11.0 Å². The number of carbonyl (C=O) groups excluding carboxylic acids is 2. The lowest BCUT2D eigenvalue weighted by molar-refractivity contribution is -0.146. The quantitative estimate of drug-likeness (QED) is 0.492. The molecule has 1 aliphatic carbocycles. The van der Waals surface area contributed by atoms with E-state index in [4.69, 9.17) is 15.9 Å². The molecule has 1 heterocycles. The zero-order valence-corrected chi connectivity index (χ0v) is 18.5. The maximum atomic E-state index is 13.5. The molecular formula is C27H28FNO4. The van der Waals surface area contributed by atoms with Gasteiger partial charge >= 0.3 is 0 Å². The van der Waals surface area contributed by atoms with Crippen molar-refractivity contribution in [2.45, 2.75) is 31.8 Å². The monoisotopic (exact) mass is 449 g/mol. The van der Waals surface area contributed by atoms with Gasteiger partial charge in [-0.25, -0.2) is 4.39 Å². The van der Waals surface area contributed by atoms with Crippen molar-refractivity contribution in [3.8, 4) is 18.1 Å². The van der Waals surface area contributed by atoms with Crippen LogP contribution in [0.1, 0.15) is 41.6 Å². The molecule has 1 saturated heterocycles. The highest BCUT2D eigenvalue weighted by molar-refractivity contribution is 6.00. The summed E-state index contributed by atoms with van der Waals surface area (Å²) in [5, 5.41) is 0. The number of Topliss-reactive ketones (excluding diaryl/α,β-unsaturated/α-hetero) is 1. The lowest BCUT2D eigenvalue weighted by Gasteiger charge is -2.38. The fourth-order valence-electron chi connectivity index (χ4n) is 4.69. The number of rotatable bonds is 6. The average Bonchev–Trinajstić information content (AvgIpc) is 2.87. The molecular weight excluding hydrogens is 421 g/mol. The van der Waals surface area contributed by atoms with Crippen molar-refractivity contribution in [2.75, 3.05) is 26.3 Å². The molecule has 2 aromatic rings. The molecule has 3 atom stereocenters. The molecule has 1 amide bonds. The first-order valence-corrected chi connectivity index (χ1v) is 11.4. The van der Waals surface area contributed by atoms with Gasteiger partial charge in [0.2, 0.25) is 5.91 Å². The highest BCUT2D eigenvalue weighted by Gasteiger charge is 2.39. The summed E-state index contributed by atoms with van der Waals surface area (Å²) in [6.45, 7) is 1.64. The van der Waals surface area contributed by atoms with Gasteiger partial charge in [0.05, 0.1) is 13.2 Å². The van der Waals surface area contributed by atoms with Gasteiger partial charge in [0, 0.05) is 29.5 Å². The first kappa shape index (κ1) is 23.0. The normalized spacial score (nSPS) is 22.9. The van der Waals surface area contributed by atoms with Crippen molar-refractivity contribution in [1.29, 1.82) is 0 Å². The number of ether oxygens (including phenoxy) is 2. The third kappa shape index (κ3) is 5.61. The van der Waals surface area contributed by atoms with Crippen molar-refractivity contribution < 1.29 is 23.5 Å². The third-order valence-corrected chi connectivity index (χ3v) is 6.44. The maximum absolute atomic E-state index is 13.5. The molecule has 2 aliphatic rings. The van der Waals surface area contributed by atoms with Crippen LogP contribution >= 0.6 is 0 Å². The highest BCUT2D eigenvalue weighted by atomic mass is 19.1. The van der Waals surface area contributed by atoms with Gasteiger partial charge in [0.1, 0.15) is 24.3 Å². The summed E-state index contributed by atoms with van der Waals surface area (Å²) < 4.78 is 24.9. The number of terminal acetylenes is 1. The predicted molar refractivity (Wildman–Crippen MR) is 122 cm³/mol. The van der Waals surface area contributed by atoms with E-state index in [1.807, 2.05) is 18.2 Å². The summed E-state index contributed by atoms with van der Waals surface area (Å²) >= 11 is 0. The summed E-state index contributed by atoms with van der Waals surface area (Å²) in [4.78, 5) is 28.4. The minimum atomic E-state index is -0.379. The molecule has 0 bridgehead atoms. The van der Waals surface area contributed by atoms with Crippen LogP contribution in [-0.4, -0.2) is 49.0 Å². The van der Waals surface area contributed by atoms with Crippen molar-refractivity contribution in [1.82, 2.24) is 4.90 Å². The summed E-state index contributed by atoms with van der Waals surface area (Å²) in [5.41, 5.74) is 1.20. The van der Waals surface area contributed by atoms with Crippen LogP contribution < -0.4 is 4.74 Å². The fourth-order valence-corrected chi connectivity index (χ4v) is 4.69. The SMILES string of the molecule is C#Cc1cccc(OCC2CN(C(=O)[C@@H]3CCCC[C@H]3C(=O)c3ccc(F)cc3)CCO2)c1. The van der Waals surface area contributed by atoms with E-state index < -0.39 is 0 Å². The molecule has 33 heavy (non-hydrogen) atoms. The Morgan fingerprint density at radius 2 is 1.88 bits per heavy atom. The second kappa shape index (κ2) is 10.6. The fraction of sp³-hybridized carbons (Fsp3) is 0.407. The molecule has 2 fully saturated rings. The van der Waals surface area contributed by atoms with Crippen LogP contribution in [0.15, 0.2) is 48.5 Å². The van der Waals surface area contributed by atoms with E-state index in [0.29, 0.717) is 50.5 Å². The van der Waals surface area contributed by atoms with Crippen molar-refractivity contribution in [3.63, 3.8) is 0 Å². The Kier molecular flexibility index (Phi) is 7.41. The van der Waals surface area contributed by atoms with Crippen LogP contribution in [0.5, 0.6) is 5.75 Å². The number of benzene rings is 2. The Balaban J connectivity index is 1.39. The van der Waals surface area contributed by atoms with Crippen LogP contribution in [-0.2, 0) is 9.53 Å². The summed E-state index contributed by atoms with van der Waals surface area (Å²) in [6.07, 6.45) is 8.38. The highest BCUT2D eigenvalue weighted by Crippen LogP contribution is 2.34. The first-order valence-electron chi connectivity index (χ1n) is 11.4. The Bertz CT molecular complexity index is 1030. The maximum Gasteiger partial charge on any atom is 0.226 e. The van der Waals surface area contributed by atoms with Crippen LogP contribution in [0.3, 0.4) is 0 Å². The zero-order chi connectivity index (χ0) is 23.2. The van der Waals surface area contributed by atoms with Crippen LogP contribution in [0.25, 0.3) is 0 Å². The van der Waals surface area contributed by atoms with Gasteiger partial charge in [0.15, 0.2) is 5.78 Å². The first-order chi connectivity index (χ1) is 16.0. The largest absolute Gasteiger partial charge is 0.491 e. The molecule has 5 nitrogen and oxygen atoms in total. The Morgan fingerprint density at radius 3 is 2.64 bits per heavy atom. The van der Waals surface area contributed by atoms with E-state index in [9.17, 15) is 14.0 Å². The van der Waals surface area contributed by atoms with E-state index in [-0.39, 0.29) is 35.4 Å². The molecule has 1 saturated carbocycles. The number of carbonyl (C=O) groups is 2. The third-order valence-electron chi connectivity index (χ3n) is 6.44. The Labute approximate surface area is 193 Å². The van der Waals surface area contributed by atoms with E-state index in [0.717, 1.165) is 18.4 Å². The van der Waals surface area contributed by atoms with Gasteiger partial charge in [-0.05, 0) is 55.3 Å². The molecule has 0 spiro atoms. The van der Waals surface area contributed by atoms with E-state index in [1.165, 1.54) is 24.3 Å². The minimum Gasteiger partial charge on any atom is -0.491 e. The summed E-state index contributed by atoms with van der Waals surface area (Å²) in [5.74, 6) is 2.05. The molecule has 0 radical (unpaired) electrons. The standard InChI is InChI=1S/C27H28FNO4/c1-2-19-6-5-7-22(16-19)33-18-23-17-29(14-15-32-23)27(31)25-9-4-3-8-24(25)26(30)20-10-12-21(28)13-11-20/h1,5-7,10-13,16,23-25H,3-4,8-9,14-15,17-18H2/t23?,24-,25-/m1/s1. The molecule has 4 rings (SSSR count). The lowest BCUT2D eigenvalue weighted by atomic mass is 9.74. The number of halogens is 1. The Morgan fingerprint density at radius 1 is 1.12 bits per heavy atom. The number of amides is 1. The second-order valence-electron chi connectivity index (χ2n) is 8.63. The molecule has 1 aliphatic heterocycles. The topological polar surface area (TPSA) is 55.8 Å². The number of hydrogen-bond donors (Lipinski definition) is 0. The molecule has 0 aromatic heterocycles. The van der Waals surface area contributed by atoms with Crippen molar-refractivity contribution >= 4 is 11.7 Å². The minimum absolute atomic E-state index is 0.00205. The van der Waals surface area contributed by atoms with Crippen molar-refractivity contribution in [3.05, 3.63) is 65.5 Å².